The van der Waals surface area contributed by atoms with Crippen LogP contribution in [0, 0.1) is 0 Å². The number of nitrogens with one attached hydrogen (secondary N) is 2. The molecule has 0 atom stereocenters. The van der Waals surface area contributed by atoms with E-state index in [1.807, 2.05) is 0 Å². The number of guanidine groups is 1. The van der Waals surface area contributed by atoms with Crippen LogP contribution in [-0.4, -0.2) is 50.0 Å². The number of benzene rings is 1. The Morgan fingerprint density at radius 1 is 1.30 bits per heavy atom. The van der Waals surface area contributed by atoms with Crippen molar-refractivity contribution in [3.05, 3.63) is 34.3 Å². The smallest absolute Gasteiger partial charge is 0.255 e. The molecule has 1 fully saturated rings. The zero-order valence-electron chi connectivity index (χ0n) is 13.2. The summed E-state index contributed by atoms with van der Waals surface area (Å²) in [6, 6.07) is 8.65. The van der Waals surface area contributed by atoms with Crippen LogP contribution in [-0.2, 0) is 6.54 Å². The van der Waals surface area contributed by atoms with Crippen molar-refractivity contribution < 1.29 is 8.78 Å². The van der Waals surface area contributed by atoms with E-state index < -0.39 is 6.43 Å². The summed E-state index contributed by atoms with van der Waals surface area (Å²) in [4.78, 5) is 6.41. The molecule has 1 aromatic rings. The van der Waals surface area contributed by atoms with Crippen molar-refractivity contribution in [1.82, 2.24) is 15.5 Å². The number of likely N-dealkylation sites (tertiary alicyclic amines) is 1. The van der Waals surface area contributed by atoms with Gasteiger partial charge in [-0.25, -0.2) is 8.78 Å². The molecular formula is C16H23BrF2N4. The van der Waals surface area contributed by atoms with E-state index in [0.717, 1.165) is 36.9 Å². The quantitative estimate of drug-likeness (QED) is 0.601. The number of alkyl halides is 2. The van der Waals surface area contributed by atoms with Crippen molar-refractivity contribution >= 4 is 21.9 Å². The first-order valence-corrected chi connectivity index (χ1v) is 8.58. The fourth-order valence-corrected chi connectivity index (χ4v) is 2.91. The minimum Gasteiger partial charge on any atom is -0.354 e. The van der Waals surface area contributed by atoms with Gasteiger partial charge in [0, 0.05) is 37.2 Å². The molecule has 0 aliphatic carbocycles. The minimum atomic E-state index is -2.37. The van der Waals surface area contributed by atoms with Gasteiger partial charge in [-0.3, -0.25) is 9.89 Å². The normalized spacial score (nSPS) is 17.5. The maximum atomic E-state index is 12.2. The first-order valence-electron chi connectivity index (χ1n) is 7.79. The first-order chi connectivity index (χ1) is 11.1. The number of hydrogen-bond acceptors (Lipinski definition) is 2. The molecule has 0 bridgehead atoms. The molecule has 1 aromatic carbocycles. The van der Waals surface area contributed by atoms with E-state index in [9.17, 15) is 8.78 Å². The van der Waals surface area contributed by atoms with E-state index in [2.05, 4.69) is 60.7 Å². The van der Waals surface area contributed by atoms with Crippen molar-refractivity contribution in [2.24, 2.45) is 4.99 Å². The highest BCUT2D eigenvalue weighted by atomic mass is 79.9. The van der Waals surface area contributed by atoms with Gasteiger partial charge in [0.2, 0.25) is 0 Å². The molecule has 4 nitrogen and oxygen atoms in total. The molecule has 0 saturated carbocycles. The monoisotopic (exact) mass is 388 g/mol. The predicted molar refractivity (Wildman–Crippen MR) is 92.9 cm³/mol. The Labute approximate surface area is 144 Å². The van der Waals surface area contributed by atoms with Gasteiger partial charge in [0.15, 0.2) is 5.96 Å². The van der Waals surface area contributed by atoms with Crippen LogP contribution in [0.2, 0.25) is 0 Å². The van der Waals surface area contributed by atoms with E-state index >= 15 is 0 Å². The van der Waals surface area contributed by atoms with Crippen LogP contribution in [0.25, 0.3) is 0 Å². The summed E-state index contributed by atoms with van der Waals surface area (Å²) < 4.78 is 25.6. The lowest BCUT2D eigenvalue weighted by atomic mass is 10.0. The molecule has 2 rings (SSSR count). The van der Waals surface area contributed by atoms with E-state index in [0.29, 0.717) is 5.96 Å². The van der Waals surface area contributed by atoms with Gasteiger partial charge in [0.25, 0.3) is 6.43 Å². The predicted octanol–water partition coefficient (Wildman–Crippen LogP) is 2.84. The molecule has 0 unspecified atom stereocenters. The second kappa shape index (κ2) is 9.17. The number of aliphatic imine (C=N–C) groups is 1. The summed E-state index contributed by atoms with van der Waals surface area (Å²) in [5.74, 6) is 0.455. The molecule has 0 amide bonds. The highest BCUT2D eigenvalue weighted by Gasteiger charge is 2.20. The SMILES string of the molecule is CN=C(NCC(F)F)NC1CCN(Cc2ccc(Br)cc2)CC1. The number of halogens is 3. The molecule has 0 spiro atoms. The van der Waals surface area contributed by atoms with Crippen molar-refractivity contribution in [3.63, 3.8) is 0 Å². The zero-order chi connectivity index (χ0) is 16.7. The van der Waals surface area contributed by atoms with Gasteiger partial charge in [0.1, 0.15) is 0 Å². The summed E-state index contributed by atoms with van der Waals surface area (Å²) in [6.45, 7) is 2.54. The van der Waals surface area contributed by atoms with Crippen LogP contribution < -0.4 is 10.6 Å². The van der Waals surface area contributed by atoms with Crippen LogP contribution in [0.15, 0.2) is 33.7 Å². The second-order valence-corrected chi connectivity index (χ2v) is 6.58. The van der Waals surface area contributed by atoms with Gasteiger partial charge >= 0.3 is 0 Å². The summed E-state index contributed by atoms with van der Waals surface area (Å²) in [6.07, 6.45) is -0.418. The molecule has 0 radical (unpaired) electrons. The summed E-state index contributed by atoms with van der Waals surface area (Å²) in [5.41, 5.74) is 1.30. The third-order valence-electron chi connectivity index (χ3n) is 3.90. The average molecular weight is 389 g/mol. The number of piperidine rings is 1. The fourth-order valence-electron chi connectivity index (χ4n) is 2.65. The molecule has 128 valence electrons. The Balaban J connectivity index is 1.73. The molecular weight excluding hydrogens is 366 g/mol. The van der Waals surface area contributed by atoms with Gasteiger partial charge < -0.3 is 10.6 Å². The maximum Gasteiger partial charge on any atom is 0.255 e. The zero-order valence-corrected chi connectivity index (χ0v) is 14.8. The van der Waals surface area contributed by atoms with Crippen LogP contribution in [0.5, 0.6) is 0 Å². The lowest BCUT2D eigenvalue weighted by Gasteiger charge is -2.33. The molecule has 1 heterocycles. The number of hydrogen-bond donors (Lipinski definition) is 2. The molecule has 0 aromatic heterocycles. The van der Waals surface area contributed by atoms with Crippen molar-refractivity contribution in [3.8, 4) is 0 Å². The van der Waals surface area contributed by atoms with Crippen LogP contribution in [0.1, 0.15) is 18.4 Å². The van der Waals surface area contributed by atoms with Gasteiger partial charge in [-0.1, -0.05) is 28.1 Å². The maximum absolute atomic E-state index is 12.2. The lowest BCUT2D eigenvalue weighted by molar-refractivity contribution is 0.151. The van der Waals surface area contributed by atoms with E-state index in [-0.39, 0.29) is 12.6 Å². The first kappa shape index (κ1) is 18.1. The van der Waals surface area contributed by atoms with Crippen molar-refractivity contribution in [1.29, 1.82) is 0 Å². The highest BCUT2D eigenvalue weighted by molar-refractivity contribution is 9.10. The van der Waals surface area contributed by atoms with Crippen LogP contribution in [0.3, 0.4) is 0 Å². The summed E-state index contributed by atoms with van der Waals surface area (Å²) >= 11 is 3.44. The summed E-state index contributed by atoms with van der Waals surface area (Å²) in [7, 11) is 1.60. The standard InChI is InChI=1S/C16H23BrF2N4/c1-20-16(21-10-15(18)19)22-14-6-8-23(9-7-14)11-12-2-4-13(17)5-3-12/h2-5,14-15H,6-11H2,1H3,(H2,20,21,22). The van der Waals surface area contributed by atoms with Crippen molar-refractivity contribution in [2.45, 2.75) is 31.9 Å². The van der Waals surface area contributed by atoms with Crippen molar-refractivity contribution in [2.75, 3.05) is 26.7 Å². The topological polar surface area (TPSA) is 39.7 Å². The Kier molecular flexibility index (Phi) is 7.23. The molecule has 1 aliphatic rings. The third kappa shape index (κ3) is 6.43. The molecule has 7 heteroatoms. The molecule has 1 saturated heterocycles. The van der Waals surface area contributed by atoms with Gasteiger partial charge in [0.05, 0.1) is 6.54 Å². The van der Waals surface area contributed by atoms with Crippen LogP contribution in [0.4, 0.5) is 8.78 Å². The molecule has 2 N–H and O–H groups in total. The van der Waals surface area contributed by atoms with E-state index in [1.165, 1.54) is 5.56 Å². The van der Waals surface area contributed by atoms with Gasteiger partial charge in [-0.05, 0) is 30.5 Å². The Morgan fingerprint density at radius 3 is 2.52 bits per heavy atom. The van der Waals surface area contributed by atoms with Gasteiger partial charge in [-0.15, -0.1) is 0 Å². The molecule has 23 heavy (non-hydrogen) atoms. The lowest BCUT2D eigenvalue weighted by Crippen LogP contribution is -2.49. The Bertz CT molecular complexity index is 499. The molecule has 1 aliphatic heterocycles. The van der Waals surface area contributed by atoms with E-state index in [4.69, 9.17) is 0 Å². The summed E-state index contributed by atoms with van der Waals surface area (Å²) in [5, 5.41) is 5.87. The Hall–Kier alpha value is -1.21. The Morgan fingerprint density at radius 2 is 1.96 bits per heavy atom. The second-order valence-electron chi connectivity index (χ2n) is 5.67. The number of rotatable bonds is 5. The third-order valence-corrected chi connectivity index (χ3v) is 4.42. The fraction of sp³-hybridized carbons (Fsp3) is 0.562. The van der Waals surface area contributed by atoms with Gasteiger partial charge in [-0.2, -0.15) is 0 Å². The average Bonchev–Trinajstić information content (AvgIpc) is 2.55. The van der Waals surface area contributed by atoms with E-state index in [1.54, 1.807) is 7.05 Å². The number of nitrogens with zero attached hydrogens (tertiary/aromatic N) is 2. The van der Waals surface area contributed by atoms with Crippen LogP contribution >= 0.6 is 15.9 Å². The highest BCUT2D eigenvalue weighted by Crippen LogP contribution is 2.16. The largest absolute Gasteiger partial charge is 0.354 e. The minimum absolute atomic E-state index is 0.278.